The number of carbonyl (C=O) groups excluding carboxylic acids is 1. The van der Waals surface area contributed by atoms with E-state index >= 15 is 0 Å². The van der Waals surface area contributed by atoms with E-state index in [1.165, 1.54) is 12.8 Å². The number of likely N-dealkylation sites (N-methyl/N-ethyl adjacent to an activating group) is 1. The highest BCUT2D eigenvalue weighted by Crippen LogP contribution is 2.16. The molecule has 1 aliphatic rings. The molecule has 1 aliphatic heterocycles. The number of amides is 1. The molecule has 0 radical (unpaired) electrons. The molecule has 0 aliphatic carbocycles. The Morgan fingerprint density at radius 3 is 2.20 bits per heavy atom. The summed E-state index contributed by atoms with van der Waals surface area (Å²) in [5.74, 6) is 1.53. The number of rotatable bonds is 9. The first-order valence-electron chi connectivity index (χ1n) is 9.49. The van der Waals surface area contributed by atoms with E-state index < -0.39 is 0 Å². The monoisotopic (exact) mass is 467 g/mol. The maximum Gasteiger partial charge on any atom is 0.244 e. The minimum absolute atomic E-state index is 0. The highest BCUT2D eigenvalue weighted by molar-refractivity contribution is 14.0. The van der Waals surface area contributed by atoms with E-state index in [9.17, 15) is 4.79 Å². The van der Waals surface area contributed by atoms with Crippen molar-refractivity contribution >= 4 is 35.8 Å². The van der Waals surface area contributed by atoms with Crippen molar-refractivity contribution in [2.24, 2.45) is 10.9 Å². The first kappa shape index (κ1) is 24.4. The quantitative estimate of drug-likeness (QED) is 0.310. The van der Waals surface area contributed by atoms with Gasteiger partial charge < -0.3 is 20.4 Å². The van der Waals surface area contributed by atoms with Crippen molar-refractivity contribution in [3.63, 3.8) is 0 Å². The molecule has 0 aromatic carbocycles. The van der Waals surface area contributed by atoms with Crippen molar-refractivity contribution in [2.45, 2.75) is 52.5 Å². The van der Waals surface area contributed by atoms with E-state index in [0.29, 0.717) is 12.0 Å². The van der Waals surface area contributed by atoms with E-state index in [1.807, 2.05) is 11.8 Å². The average molecular weight is 467 g/mol. The highest BCUT2D eigenvalue weighted by atomic mass is 127. The molecule has 25 heavy (non-hydrogen) atoms. The molecule has 0 saturated carbocycles. The molecule has 2 N–H and O–H groups in total. The van der Waals surface area contributed by atoms with Crippen LogP contribution in [0.2, 0.25) is 0 Å². The first-order valence-corrected chi connectivity index (χ1v) is 9.49. The van der Waals surface area contributed by atoms with Crippen molar-refractivity contribution in [1.29, 1.82) is 0 Å². The molecule has 1 atom stereocenters. The Balaban J connectivity index is 0.00000576. The second-order valence-electron chi connectivity index (χ2n) is 6.77. The molecule has 1 saturated heterocycles. The van der Waals surface area contributed by atoms with Crippen LogP contribution in [-0.2, 0) is 4.79 Å². The van der Waals surface area contributed by atoms with Gasteiger partial charge in [0.25, 0.3) is 0 Å². The second kappa shape index (κ2) is 13.6. The van der Waals surface area contributed by atoms with Gasteiger partial charge in [-0.05, 0) is 39.8 Å². The van der Waals surface area contributed by atoms with Crippen LogP contribution < -0.4 is 10.6 Å². The summed E-state index contributed by atoms with van der Waals surface area (Å²) in [6.45, 7) is 10.2. The summed E-state index contributed by atoms with van der Waals surface area (Å²) in [5.41, 5.74) is 0. The van der Waals surface area contributed by atoms with Crippen LogP contribution in [-0.4, -0.2) is 74.5 Å². The van der Waals surface area contributed by atoms with Gasteiger partial charge in [-0.2, -0.15) is 0 Å². The van der Waals surface area contributed by atoms with Gasteiger partial charge in [-0.3, -0.25) is 4.79 Å². The third-order valence-electron chi connectivity index (χ3n) is 4.91. The molecule has 1 heterocycles. The number of hydrogen-bond donors (Lipinski definition) is 2. The Bertz CT molecular complexity index is 393. The second-order valence-corrected chi connectivity index (χ2v) is 6.77. The van der Waals surface area contributed by atoms with Gasteiger partial charge in [0.1, 0.15) is 6.54 Å². The molecule has 148 valence electrons. The van der Waals surface area contributed by atoms with Crippen LogP contribution >= 0.6 is 24.0 Å². The van der Waals surface area contributed by atoms with Crippen molar-refractivity contribution in [2.75, 3.05) is 46.8 Å². The molecule has 1 amide bonds. The molecule has 0 spiro atoms. The standard InChI is InChI=1S/C18H37N5O.HI/c1-6-15(7-2)16(22(4)5)13-20-18(19-8-3)21-14-17(24)23-11-9-10-12-23;/h15-16H,6-14H2,1-5H3,(H2,19,20,21);1H. The van der Waals surface area contributed by atoms with Crippen LogP contribution in [0.25, 0.3) is 0 Å². The van der Waals surface area contributed by atoms with E-state index in [1.54, 1.807) is 0 Å². The van der Waals surface area contributed by atoms with Crippen LogP contribution in [0.1, 0.15) is 46.5 Å². The molecule has 1 rings (SSSR count). The third-order valence-corrected chi connectivity index (χ3v) is 4.91. The van der Waals surface area contributed by atoms with Gasteiger partial charge in [0.05, 0.1) is 0 Å². The first-order chi connectivity index (χ1) is 11.5. The number of nitrogens with zero attached hydrogens (tertiary/aromatic N) is 3. The summed E-state index contributed by atoms with van der Waals surface area (Å²) in [6, 6.07) is 0.457. The molecule has 0 aromatic heterocycles. The summed E-state index contributed by atoms with van der Waals surface area (Å²) in [6.07, 6.45) is 4.58. The van der Waals surface area contributed by atoms with E-state index in [-0.39, 0.29) is 36.4 Å². The van der Waals surface area contributed by atoms with E-state index in [2.05, 4.69) is 48.5 Å². The highest BCUT2D eigenvalue weighted by Gasteiger charge is 2.21. The van der Waals surface area contributed by atoms with Crippen molar-refractivity contribution in [3.05, 3.63) is 0 Å². The van der Waals surface area contributed by atoms with Crippen LogP contribution in [0, 0.1) is 5.92 Å². The molecule has 1 fully saturated rings. The Hall–Kier alpha value is -0.570. The van der Waals surface area contributed by atoms with E-state index in [4.69, 9.17) is 0 Å². The Kier molecular flexibility index (Phi) is 13.3. The SMILES string of the molecule is CCNC(=NCC(=O)N1CCCC1)NCC(C(CC)CC)N(C)C.I. The fourth-order valence-electron chi connectivity index (χ4n) is 3.36. The zero-order valence-corrected chi connectivity index (χ0v) is 19.0. The predicted molar refractivity (Wildman–Crippen MR) is 117 cm³/mol. The van der Waals surface area contributed by atoms with Crippen molar-refractivity contribution in [3.8, 4) is 0 Å². The largest absolute Gasteiger partial charge is 0.357 e. The normalized spacial score (nSPS) is 16.1. The third kappa shape index (κ3) is 8.57. The lowest BCUT2D eigenvalue weighted by molar-refractivity contribution is -0.128. The number of carbonyl (C=O) groups is 1. The summed E-state index contributed by atoms with van der Waals surface area (Å²) >= 11 is 0. The number of nitrogens with one attached hydrogen (secondary N) is 2. The van der Waals surface area contributed by atoms with Crippen molar-refractivity contribution in [1.82, 2.24) is 20.4 Å². The fraction of sp³-hybridized carbons (Fsp3) is 0.889. The maximum atomic E-state index is 12.2. The number of guanidine groups is 1. The smallest absolute Gasteiger partial charge is 0.244 e. The summed E-state index contributed by atoms with van der Waals surface area (Å²) in [7, 11) is 4.26. The Labute approximate surface area is 171 Å². The molecule has 0 bridgehead atoms. The van der Waals surface area contributed by atoms with Gasteiger partial charge in [0.15, 0.2) is 5.96 Å². The molecule has 6 nitrogen and oxygen atoms in total. The van der Waals surface area contributed by atoms with Gasteiger partial charge in [0.2, 0.25) is 5.91 Å². The Morgan fingerprint density at radius 2 is 1.72 bits per heavy atom. The van der Waals surface area contributed by atoms with Crippen LogP contribution in [0.3, 0.4) is 0 Å². The van der Waals surface area contributed by atoms with Crippen molar-refractivity contribution < 1.29 is 4.79 Å². The van der Waals surface area contributed by atoms with Crippen LogP contribution in [0.4, 0.5) is 0 Å². The topological polar surface area (TPSA) is 60.0 Å². The van der Waals surface area contributed by atoms with Gasteiger partial charge in [-0.25, -0.2) is 4.99 Å². The fourth-order valence-corrected chi connectivity index (χ4v) is 3.36. The lowest BCUT2D eigenvalue weighted by atomic mass is 9.93. The number of aliphatic imine (C=N–C) groups is 1. The average Bonchev–Trinajstić information content (AvgIpc) is 3.10. The van der Waals surface area contributed by atoms with Crippen LogP contribution in [0.5, 0.6) is 0 Å². The number of likely N-dealkylation sites (tertiary alicyclic amines) is 1. The zero-order valence-electron chi connectivity index (χ0n) is 16.7. The minimum atomic E-state index is 0. The molecular formula is C18H38IN5O. The van der Waals surface area contributed by atoms with E-state index in [0.717, 1.165) is 45.0 Å². The minimum Gasteiger partial charge on any atom is -0.357 e. The molecular weight excluding hydrogens is 429 g/mol. The lowest BCUT2D eigenvalue weighted by Gasteiger charge is -2.32. The molecule has 1 unspecified atom stereocenters. The van der Waals surface area contributed by atoms with Gasteiger partial charge in [-0.1, -0.05) is 26.7 Å². The lowest BCUT2D eigenvalue weighted by Crippen LogP contribution is -2.48. The maximum absolute atomic E-state index is 12.2. The van der Waals surface area contributed by atoms with Crippen LogP contribution in [0.15, 0.2) is 4.99 Å². The number of halogens is 1. The summed E-state index contributed by atoms with van der Waals surface area (Å²) < 4.78 is 0. The van der Waals surface area contributed by atoms with Gasteiger partial charge >= 0.3 is 0 Å². The zero-order chi connectivity index (χ0) is 17.9. The Morgan fingerprint density at radius 1 is 1.12 bits per heavy atom. The molecule has 0 aromatic rings. The van der Waals surface area contributed by atoms with Gasteiger partial charge in [0, 0.05) is 32.2 Å². The summed E-state index contributed by atoms with van der Waals surface area (Å²) in [5, 5.41) is 6.67. The predicted octanol–water partition coefficient (Wildman–Crippen LogP) is 2.15. The van der Waals surface area contributed by atoms with Gasteiger partial charge in [-0.15, -0.1) is 24.0 Å². The molecule has 7 heteroatoms. The number of hydrogen-bond acceptors (Lipinski definition) is 3. The summed E-state index contributed by atoms with van der Waals surface area (Å²) in [4.78, 5) is 20.8.